The summed E-state index contributed by atoms with van der Waals surface area (Å²) in [5.74, 6) is -0.591. The minimum atomic E-state index is -0.320. The maximum absolute atomic E-state index is 14.4. The molecule has 1 amide bonds. The van der Waals surface area contributed by atoms with Gasteiger partial charge in [-0.2, -0.15) is 0 Å². The van der Waals surface area contributed by atoms with Crippen molar-refractivity contribution in [2.24, 2.45) is 5.73 Å². The summed E-state index contributed by atoms with van der Waals surface area (Å²) in [6.07, 6.45) is 2.80. The van der Waals surface area contributed by atoms with Crippen LogP contribution in [0.4, 0.5) is 10.1 Å². The number of hydrogen-bond donors (Lipinski definition) is 3. The Morgan fingerprint density at radius 1 is 1.15 bits per heavy atom. The number of nitrogens with two attached hydrogens (primary N) is 1. The molecule has 4 nitrogen and oxygen atoms in total. The first-order valence-electron chi connectivity index (χ1n) is 7.97. The van der Waals surface area contributed by atoms with Crippen LogP contribution in [0.1, 0.15) is 27.9 Å². The first-order chi connectivity index (χ1) is 11.7. The van der Waals surface area contributed by atoms with E-state index in [2.05, 4.69) is 10.6 Å². The third kappa shape index (κ3) is 5.29. The summed E-state index contributed by atoms with van der Waals surface area (Å²) < 4.78 is 14.4. The van der Waals surface area contributed by atoms with Gasteiger partial charge in [0.15, 0.2) is 0 Å². The van der Waals surface area contributed by atoms with Gasteiger partial charge in [0, 0.05) is 29.9 Å². The Labute approximate surface area is 164 Å². The fraction of sp³-hybridized carbons (Fsp3) is 0.211. The number of benzene rings is 2. The van der Waals surface area contributed by atoms with Crippen molar-refractivity contribution in [1.82, 2.24) is 5.32 Å². The molecule has 0 saturated heterocycles. The predicted octanol–water partition coefficient (Wildman–Crippen LogP) is 3.76. The standard InChI is InChI=1S/C19H20FN3O.2ClH/c20-18-11-16(5-6-17(18)14-7-9-22-10-8-14)23-19(24)15-3-1-13(12-21)2-4-15;;/h1-7,11,22H,8-10,12,21H2,(H,23,24);2*1H. The van der Waals surface area contributed by atoms with Crippen LogP contribution >= 0.6 is 24.8 Å². The molecule has 1 aliphatic rings. The molecule has 0 fully saturated rings. The van der Waals surface area contributed by atoms with Crippen LogP contribution in [0.25, 0.3) is 5.57 Å². The molecule has 1 heterocycles. The molecule has 0 spiro atoms. The van der Waals surface area contributed by atoms with Crippen LogP contribution in [0.2, 0.25) is 0 Å². The minimum absolute atomic E-state index is 0. The van der Waals surface area contributed by atoms with E-state index in [1.807, 2.05) is 18.2 Å². The Kier molecular flexibility index (Phi) is 8.75. The Bertz CT molecular complexity index is 779. The van der Waals surface area contributed by atoms with Crippen molar-refractivity contribution >= 4 is 42.0 Å². The molecule has 2 aromatic rings. The van der Waals surface area contributed by atoms with Crippen molar-refractivity contribution in [3.8, 4) is 0 Å². The molecule has 140 valence electrons. The van der Waals surface area contributed by atoms with Crippen molar-refractivity contribution in [3.05, 3.63) is 71.0 Å². The quantitative estimate of drug-likeness (QED) is 0.735. The van der Waals surface area contributed by atoms with Crippen molar-refractivity contribution < 1.29 is 9.18 Å². The summed E-state index contributed by atoms with van der Waals surface area (Å²) in [5.41, 5.74) is 9.05. The zero-order valence-corrected chi connectivity index (χ0v) is 15.8. The average molecular weight is 398 g/mol. The zero-order chi connectivity index (χ0) is 16.9. The SMILES string of the molecule is Cl.Cl.NCc1ccc(C(=O)Nc2ccc(C3=CCNCC3)c(F)c2)cc1. The minimum Gasteiger partial charge on any atom is -0.326 e. The highest BCUT2D eigenvalue weighted by atomic mass is 35.5. The van der Waals surface area contributed by atoms with Crippen molar-refractivity contribution in [3.63, 3.8) is 0 Å². The summed E-state index contributed by atoms with van der Waals surface area (Å²) in [4.78, 5) is 12.2. The van der Waals surface area contributed by atoms with E-state index in [9.17, 15) is 9.18 Å². The second kappa shape index (κ2) is 10.3. The number of carbonyl (C=O) groups is 1. The van der Waals surface area contributed by atoms with Gasteiger partial charge in [-0.3, -0.25) is 4.79 Å². The van der Waals surface area contributed by atoms with Crippen LogP contribution < -0.4 is 16.4 Å². The van der Waals surface area contributed by atoms with Crippen LogP contribution in [0.5, 0.6) is 0 Å². The molecule has 0 radical (unpaired) electrons. The highest BCUT2D eigenvalue weighted by molar-refractivity contribution is 6.04. The van der Waals surface area contributed by atoms with Crippen molar-refractivity contribution in [2.45, 2.75) is 13.0 Å². The van der Waals surface area contributed by atoms with Gasteiger partial charge >= 0.3 is 0 Å². The fourth-order valence-electron chi connectivity index (χ4n) is 2.72. The van der Waals surface area contributed by atoms with E-state index in [1.54, 1.807) is 24.3 Å². The van der Waals surface area contributed by atoms with E-state index in [-0.39, 0.29) is 36.5 Å². The lowest BCUT2D eigenvalue weighted by molar-refractivity contribution is 0.102. The second-order valence-corrected chi connectivity index (χ2v) is 5.73. The summed E-state index contributed by atoms with van der Waals surface area (Å²) in [7, 11) is 0. The van der Waals surface area contributed by atoms with Crippen LogP contribution in [0.15, 0.2) is 48.5 Å². The maximum atomic E-state index is 14.4. The summed E-state index contributed by atoms with van der Waals surface area (Å²) in [5, 5.41) is 5.93. The number of amides is 1. The van der Waals surface area contributed by atoms with E-state index in [1.165, 1.54) is 6.07 Å². The van der Waals surface area contributed by atoms with Crippen molar-refractivity contribution in [2.75, 3.05) is 18.4 Å². The summed E-state index contributed by atoms with van der Waals surface area (Å²) in [6, 6.07) is 11.9. The van der Waals surface area contributed by atoms with E-state index in [0.29, 0.717) is 23.4 Å². The van der Waals surface area contributed by atoms with Gasteiger partial charge in [0.1, 0.15) is 5.82 Å². The first kappa shape index (κ1) is 22.1. The second-order valence-electron chi connectivity index (χ2n) is 5.73. The molecule has 26 heavy (non-hydrogen) atoms. The molecule has 0 bridgehead atoms. The molecule has 7 heteroatoms. The lowest BCUT2D eigenvalue weighted by atomic mass is 9.99. The molecule has 0 atom stereocenters. The van der Waals surface area contributed by atoms with Gasteiger partial charge in [-0.15, -0.1) is 24.8 Å². The number of anilines is 1. The lowest BCUT2D eigenvalue weighted by Crippen LogP contribution is -2.20. The molecule has 0 saturated carbocycles. The molecular weight excluding hydrogens is 376 g/mol. The summed E-state index contributed by atoms with van der Waals surface area (Å²) >= 11 is 0. The van der Waals surface area contributed by atoms with Gasteiger partial charge < -0.3 is 16.4 Å². The molecule has 0 aromatic heterocycles. The Morgan fingerprint density at radius 2 is 1.88 bits per heavy atom. The normalized spacial score (nSPS) is 13.1. The topological polar surface area (TPSA) is 67.2 Å². The van der Waals surface area contributed by atoms with Gasteiger partial charge in [-0.25, -0.2) is 4.39 Å². The van der Waals surface area contributed by atoms with Gasteiger partial charge in [0.05, 0.1) is 0 Å². The third-order valence-electron chi connectivity index (χ3n) is 4.09. The molecule has 3 rings (SSSR count). The van der Waals surface area contributed by atoms with E-state index < -0.39 is 0 Å². The van der Waals surface area contributed by atoms with Crippen LogP contribution in [-0.2, 0) is 6.54 Å². The van der Waals surface area contributed by atoms with Gasteiger partial charge in [-0.1, -0.05) is 18.2 Å². The number of halogens is 3. The monoisotopic (exact) mass is 397 g/mol. The summed E-state index contributed by atoms with van der Waals surface area (Å²) in [6.45, 7) is 2.04. The number of rotatable bonds is 4. The zero-order valence-electron chi connectivity index (χ0n) is 14.1. The van der Waals surface area contributed by atoms with Gasteiger partial charge in [0.25, 0.3) is 5.91 Å². The Balaban J connectivity index is 0.00000169. The Hall–Kier alpha value is -1.92. The molecule has 2 aromatic carbocycles. The first-order valence-corrected chi connectivity index (χ1v) is 7.97. The number of nitrogens with one attached hydrogen (secondary N) is 2. The van der Waals surface area contributed by atoms with E-state index >= 15 is 0 Å². The third-order valence-corrected chi connectivity index (χ3v) is 4.09. The number of carbonyl (C=O) groups excluding carboxylic acids is 1. The highest BCUT2D eigenvalue weighted by Gasteiger charge is 2.12. The molecular formula is C19H22Cl2FN3O. The Morgan fingerprint density at radius 3 is 2.46 bits per heavy atom. The maximum Gasteiger partial charge on any atom is 0.255 e. The average Bonchev–Trinajstić information content (AvgIpc) is 2.62. The fourth-order valence-corrected chi connectivity index (χ4v) is 2.72. The molecule has 0 aliphatic carbocycles. The van der Waals surface area contributed by atoms with E-state index in [4.69, 9.17) is 5.73 Å². The number of hydrogen-bond acceptors (Lipinski definition) is 3. The van der Waals surface area contributed by atoms with Crippen LogP contribution in [0, 0.1) is 5.82 Å². The largest absolute Gasteiger partial charge is 0.326 e. The van der Waals surface area contributed by atoms with Crippen LogP contribution in [0.3, 0.4) is 0 Å². The predicted molar refractivity (Wildman–Crippen MR) is 109 cm³/mol. The van der Waals surface area contributed by atoms with E-state index in [0.717, 1.165) is 30.6 Å². The lowest BCUT2D eigenvalue weighted by Gasteiger charge is -2.15. The van der Waals surface area contributed by atoms with Gasteiger partial charge in [-0.05, 0) is 54.4 Å². The molecule has 1 aliphatic heterocycles. The highest BCUT2D eigenvalue weighted by Crippen LogP contribution is 2.25. The van der Waals surface area contributed by atoms with Gasteiger partial charge in [0.2, 0.25) is 0 Å². The van der Waals surface area contributed by atoms with Crippen molar-refractivity contribution in [1.29, 1.82) is 0 Å². The molecule has 0 unspecified atom stereocenters. The van der Waals surface area contributed by atoms with Crippen LogP contribution in [-0.4, -0.2) is 19.0 Å². The smallest absolute Gasteiger partial charge is 0.255 e. The molecule has 4 N–H and O–H groups in total.